The van der Waals surface area contributed by atoms with Crippen LogP contribution in [0.5, 0.6) is 0 Å². The summed E-state index contributed by atoms with van der Waals surface area (Å²) in [6.45, 7) is 2.45. The van der Waals surface area contributed by atoms with Crippen LogP contribution in [0.1, 0.15) is 25.6 Å². The first-order valence-corrected chi connectivity index (χ1v) is 7.88. The van der Waals surface area contributed by atoms with Crippen LogP contribution in [0.4, 0.5) is 5.13 Å². The Hall–Kier alpha value is -0.690. The predicted octanol–water partition coefficient (Wildman–Crippen LogP) is 1.09. The van der Waals surface area contributed by atoms with Gasteiger partial charge in [0.25, 0.3) is 0 Å². The van der Waals surface area contributed by atoms with Crippen molar-refractivity contribution in [2.24, 2.45) is 0 Å². The van der Waals surface area contributed by atoms with E-state index in [-0.39, 0.29) is 5.25 Å². The van der Waals surface area contributed by atoms with E-state index in [9.17, 15) is 8.42 Å². The molecule has 1 atom stereocenters. The summed E-state index contributed by atoms with van der Waals surface area (Å²) in [6.07, 6.45) is 2.35. The van der Waals surface area contributed by atoms with Gasteiger partial charge in [0.2, 0.25) is 5.13 Å². The molecule has 1 fully saturated rings. The largest absolute Gasteiger partial charge is 0.359 e. The van der Waals surface area contributed by atoms with E-state index in [0.29, 0.717) is 12.3 Å². The lowest BCUT2D eigenvalue weighted by molar-refractivity contribution is 0.591. The lowest BCUT2D eigenvalue weighted by atomic mass is 10.2. The Morgan fingerprint density at radius 3 is 2.94 bits per heavy atom. The van der Waals surface area contributed by atoms with E-state index >= 15 is 0 Å². The van der Waals surface area contributed by atoms with Crippen molar-refractivity contribution in [3.05, 3.63) is 5.82 Å². The Balaban J connectivity index is 1.92. The smallest absolute Gasteiger partial charge is 0.202 e. The second kappa shape index (κ2) is 4.67. The molecule has 16 heavy (non-hydrogen) atoms. The zero-order valence-corrected chi connectivity index (χ0v) is 10.8. The molecule has 1 aliphatic heterocycles. The average molecular weight is 261 g/mol. The Morgan fingerprint density at radius 1 is 1.56 bits per heavy atom. The highest BCUT2D eigenvalue weighted by atomic mass is 32.2. The molecule has 1 aromatic heterocycles. The molecule has 0 bridgehead atoms. The van der Waals surface area contributed by atoms with Gasteiger partial charge >= 0.3 is 0 Å². The third kappa shape index (κ3) is 2.52. The average Bonchev–Trinajstić information content (AvgIpc) is 2.81. The van der Waals surface area contributed by atoms with Gasteiger partial charge in [-0.15, -0.1) is 0 Å². The van der Waals surface area contributed by atoms with Crippen LogP contribution < -0.4 is 5.32 Å². The minimum Gasteiger partial charge on any atom is -0.359 e. The van der Waals surface area contributed by atoms with Crippen LogP contribution >= 0.6 is 11.5 Å². The minimum atomic E-state index is -2.86. The van der Waals surface area contributed by atoms with Crippen LogP contribution in [0.3, 0.4) is 0 Å². The number of sulfone groups is 1. The molecule has 1 N–H and O–H groups in total. The van der Waals surface area contributed by atoms with Crippen LogP contribution in [-0.2, 0) is 16.3 Å². The quantitative estimate of drug-likeness (QED) is 0.878. The van der Waals surface area contributed by atoms with Crippen molar-refractivity contribution < 1.29 is 8.42 Å². The van der Waals surface area contributed by atoms with Crippen molar-refractivity contribution >= 4 is 26.5 Å². The fraction of sp³-hybridized carbons (Fsp3) is 0.778. The van der Waals surface area contributed by atoms with Gasteiger partial charge in [-0.3, -0.25) is 0 Å². The van der Waals surface area contributed by atoms with Gasteiger partial charge in [-0.25, -0.2) is 13.4 Å². The first kappa shape index (κ1) is 11.8. The molecule has 0 radical (unpaired) electrons. The lowest BCUT2D eigenvalue weighted by Crippen LogP contribution is -2.24. The molecule has 90 valence electrons. The Morgan fingerprint density at radius 2 is 2.38 bits per heavy atom. The second-order valence-corrected chi connectivity index (χ2v) is 7.03. The number of hydrogen-bond donors (Lipinski definition) is 1. The number of aromatic nitrogens is 2. The molecule has 0 saturated carbocycles. The van der Waals surface area contributed by atoms with Gasteiger partial charge in [0.15, 0.2) is 9.84 Å². The fourth-order valence-electron chi connectivity index (χ4n) is 1.76. The third-order valence-electron chi connectivity index (χ3n) is 2.73. The normalized spacial score (nSPS) is 23.4. The Bertz CT molecular complexity index is 455. The van der Waals surface area contributed by atoms with Crippen LogP contribution in [-0.4, -0.2) is 35.3 Å². The summed E-state index contributed by atoms with van der Waals surface area (Å²) in [5, 5.41) is 3.54. The Kier molecular flexibility index (Phi) is 3.44. The number of aryl methyl sites for hydroxylation is 1. The molecule has 1 unspecified atom stereocenters. The van der Waals surface area contributed by atoms with E-state index in [1.807, 2.05) is 6.92 Å². The van der Waals surface area contributed by atoms with E-state index < -0.39 is 9.84 Å². The maximum atomic E-state index is 11.6. The zero-order valence-electron chi connectivity index (χ0n) is 9.14. The van der Waals surface area contributed by atoms with Crippen LogP contribution in [0, 0.1) is 0 Å². The molecular formula is C9H15N3O2S2. The standard InChI is InChI=1S/C9H15N3O2S2/c1-2-8-11-9(15-12-8)10-6-7-4-3-5-16(7,13)14/h7H,2-6H2,1H3,(H,10,11,12). The van der Waals surface area contributed by atoms with Gasteiger partial charge in [0.1, 0.15) is 5.82 Å². The van der Waals surface area contributed by atoms with Gasteiger partial charge in [0.05, 0.1) is 11.0 Å². The number of rotatable bonds is 4. The van der Waals surface area contributed by atoms with Crippen molar-refractivity contribution in [2.75, 3.05) is 17.6 Å². The highest BCUT2D eigenvalue weighted by molar-refractivity contribution is 7.92. The van der Waals surface area contributed by atoms with Gasteiger partial charge in [-0.2, -0.15) is 4.37 Å². The molecule has 2 rings (SSSR count). The van der Waals surface area contributed by atoms with Crippen molar-refractivity contribution in [1.82, 2.24) is 9.36 Å². The van der Waals surface area contributed by atoms with Gasteiger partial charge in [-0.1, -0.05) is 6.92 Å². The van der Waals surface area contributed by atoms with E-state index in [1.165, 1.54) is 11.5 Å². The molecular weight excluding hydrogens is 246 g/mol. The molecule has 1 saturated heterocycles. The number of nitrogens with one attached hydrogen (secondary N) is 1. The van der Waals surface area contributed by atoms with Crippen LogP contribution in [0.25, 0.3) is 0 Å². The summed E-state index contributed by atoms with van der Waals surface area (Å²) in [6, 6.07) is 0. The van der Waals surface area contributed by atoms with E-state index in [4.69, 9.17) is 0 Å². The van der Waals surface area contributed by atoms with Crippen molar-refractivity contribution in [2.45, 2.75) is 31.4 Å². The molecule has 0 aromatic carbocycles. The number of hydrogen-bond acceptors (Lipinski definition) is 6. The summed E-state index contributed by atoms with van der Waals surface area (Å²) in [5.41, 5.74) is 0. The van der Waals surface area contributed by atoms with Crippen molar-refractivity contribution in [1.29, 1.82) is 0 Å². The molecule has 2 heterocycles. The van der Waals surface area contributed by atoms with Crippen LogP contribution in [0.15, 0.2) is 0 Å². The van der Waals surface area contributed by atoms with Gasteiger partial charge in [0, 0.05) is 24.5 Å². The molecule has 1 aromatic rings. The molecule has 0 spiro atoms. The summed E-state index contributed by atoms with van der Waals surface area (Å²) in [4.78, 5) is 4.24. The first-order valence-electron chi connectivity index (χ1n) is 5.40. The molecule has 0 aliphatic carbocycles. The summed E-state index contributed by atoms with van der Waals surface area (Å²) >= 11 is 1.29. The molecule has 7 heteroatoms. The van der Waals surface area contributed by atoms with Gasteiger partial charge < -0.3 is 5.32 Å². The second-order valence-electron chi connectivity index (χ2n) is 3.88. The fourth-order valence-corrected chi connectivity index (χ4v) is 4.18. The highest BCUT2D eigenvalue weighted by Gasteiger charge is 2.30. The monoisotopic (exact) mass is 261 g/mol. The highest BCUT2D eigenvalue weighted by Crippen LogP contribution is 2.21. The summed E-state index contributed by atoms with van der Waals surface area (Å²) in [7, 11) is -2.86. The molecule has 5 nitrogen and oxygen atoms in total. The zero-order chi connectivity index (χ0) is 11.6. The SMILES string of the molecule is CCc1nsc(NCC2CCCS2(=O)=O)n1. The number of nitrogens with zero attached hydrogens (tertiary/aromatic N) is 2. The first-order chi connectivity index (χ1) is 7.62. The van der Waals surface area contributed by atoms with Gasteiger partial charge in [-0.05, 0) is 12.8 Å². The summed E-state index contributed by atoms with van der Waals surface area (Å²) in [5.74, 6) is 1.14. The minimum absolute atomic E-state index is 0.249. The predicted molar refractivity (Wildman–Crippen MR) is 64.6 cm³/mol. The van der Waals surface area contributed by atoms with E-state index in [2.05, 4.69) is 14.7 Å². The summed E-state index contributed by atoms with van der Waals surface area (Å²) < 4.78 is 27.3. The number of anilines is 1. The maximum absolute atomic E-state index is 11.6. The Labute approximate surface area is 99.4 Å². The molecule has 1 aliphatic rings. The topological polar surface area (TPSA) is 72.0 Å². The van der Waals surface area contributed by atoms with Crippen LogP contribution in [0.2, 0.25) is 0 Å². The maximum Gasteiger partial charge on any atom is 0.202 e. The van der Waals surface area contributed by atoms with Crippen molar-refractivity contribution in [3.8, 4) is 0 Å². The molecule has 0 amide bonds. The third-order valence-corrected chi connectivity index (χ3v) is 5.71. The van der Waals surface area contributed by atoms with Crippen molar-refractivity contribution in [3.63, 3.8) is 0 Å². The lowest BCUT2D eigenvalue weighted by Gasteiger charge is -2.08. The van der Waals surface area contributed by atoms with E-state index in [0.717, 1.165) is 30.2 Å². The van der Waals surface area contributed by atoms with E-state index in [1.54, 1.807) is 0 Å².